The van der Waals surface area contributed by atoms with E-state index in [-0.39, 0.29) is 63.5 Å². The minimum atomic E-state index is -0.964. The van der Waals surface area contributed by atoms with Crippen LogP contribution < -0.4 is 10.6 Å². The van der Waals surface area contributed by atoms with Crippen molar-refractivity contribution in [2.45, 2.75) is 50.9 Å². The van der Waals surface area contributed by atoms with E-state index in [0.717, 1.165) is 16.7 Å². The van der Waals surface area contributed by atoms with E-state index in [0.29, 0.717) is 13.0 Å². The number of allylic oxidation sites excluding steroid dienone is 1. The molecule has 0 unspecified atom stereocenters. The zero-order valence-corrected chi connectivity index (χ0v) is 22.3. The number of aliphatic hydroxyl groups excluding tert-OH is 1. The monoisotopic (exact) mass is 549 g/mol. The molecule has 0 aromatic heterocycles. The molecule has 10 nitrogen and oxygen atoms in total. The maximum absolute atomic E-state index is 13.3. The van der Waals surface area contributed by atoms with E-state index in [1.807, 2.05) is 54.6 Å². The number of fused-ring (bicyclic) bond motifs is 1. The number of benzene rings is 2. The summed E-state index contributed by atoms with van der Waals surface area (Å²) < 4.78 is 10.5. The Hall–Kier alpha value is -4.18. The average Bonchev–Trinajstić information content (AvgIpc) is 2.98. The standard InChI is InChI=1S/C30H35N3O7/c34-19-25-16-22-10-4-5-12-24(22)18-33(25)27(35)17-23-11-6-7-13-26(29(37)39-15-14-31-28(23)36)32-30(38)40-20-21-8-2-1-3-9-21/h1-10,12,23,25-26,34H,11,13-20H2,(H,31,36)(H,32,38)/t23-,25+,26-/m1/s1. The van der Waals surface area contributed by atoms with Gasteiger partial charge < -0.3 is 30.1 Å². The molecular formula is C30H35N3O7. The molecule has 2 aromatic rings. The van der Waals surface area contributed by atoms with Gasteiger partial charge in [0.1, 0.15) is 19.3 Å². The minimum absolute atomic E-state index is 0.0257. The second-order valence-electron chi connectivity index (χ2n) is 9.89. The Kier molecular flexibility index (Phi) is 10.3. The van der Waals surface area contributed by atoms with Crippen LogP contribution in [0.15, 0.2) is 66.7 Å². The van der Waals surface area contributed by atoms with Gasteiger partial charge in [0.25, 0.3) is 0 Å². The van der Waals surface area contributed by atoms with Gasteiger partial charge in [0.15, 0.2) is 0 Å². The third-order valence-corrected chi connectivity index (χ3v) is 7.07. The van der Waals surface area contributed by atoms with Gasteiger partial charge in [-0.15, -0.1) is 0 Å². The molecule has 40 heavy (non-hydrogen) atoms. The number of ether oxygens (including phenoxy) is 2. The summed E-state index contributed by atoms with van der Waals surface area (Å²) >= 11 is 0. The number of nitrogens with one attached hydrogen (secondary N) is 2. The Morgan fingerprint density at radius 2 is 1.75 bits per heavy atom. The van der Waals surface area contributed by atoms with Crippen LogP contribution >= 0.6 is 0 Å². The van der Waals surface area contributed by atoms with Crippen molar-refractivity contribution in [1.82, 2.24) is 15.5 Å². The first-order valence-corrected chi connectivity index (χ1v) is 13.5. The summed E-state index contributed by atoms with van der Waals surface area (Å²) in [4.78, 5) is 52.7. The van der Waals surface area contributed by atoms with E-state index in [1.54, 1.807) is 17.1 Å². The fourth-order valence-electron chi connectivity index (χ4n) is 4.84. The van der Waals surface area contributed by atoms with Gasteiger partial charge in [0.05, 0.1) is 25.1 Å². The van der Waals surface area contributed by atoms with Crippen LogP contribution in [0, 0.1) is 5.92 Å². The molecule has 2 aliphatic heterocycles. The molecule has 2 aliphatic rings. The highest BCUT2D eigenvalue weighted by molar-refractivity contribution is 5.86. The smallest absolute Gasteiger partial charge is 0.408 e. The normalized spacial score (nSPS) is 21.6. The van der Waals surface area contributed by atoms with Crippen LogP contribution in [0.5, 0.6) is 0 Å². The Bertz CT molecular complexity index is 1220. The van der Waals surface area contributed by atoms with E-state index >= 15 is 0 Å². The molecule has 3 atom stereocenters. The van der Waals surface area contributed by atoms with Gasteiger partial charge in [-0.1, -0.05) is 66.7 Å². The maximum atomic E-state index is 13.3. The van der Waals surface area contributed by atoms with E-state index in [4.69, 9.17) is 9.47 Å². The molecule has 212 valence electrons. The van der Waals surface area contributed by atoms with Crippen LogP contribution in [0.1, 0.15) is 36.0 Å². The maximum Gasteiger partial charge on any atom is 0.408 e. The number of alkyl carbamates (subject to hydrolysis) is 1. The first kappa shape index (κ1) is 28.8. The van der Waals surface area contributed by atoms with Crippen LogP contribution in [-0.2, 0) is 43.4 Å². The summed E-state index contributed by atoms with van der Waals surface area (Å²) in [5.74, 6) is -1.80. The molecule has 3 amide bonds. The first-order valence-electron chi connectivity index (χ1n) is 13.5. The number of hydrogen-bond donors (Lipinski definition) is 3. The highest BCUT2D eigenvalue weighted by Gasteiger charge is 2.32. The van der Waals surface area contributed by atoms with Gasteiger partial charge in [-0.2, -0.15) is 0 Å². The highest BCUT2D eigenvalue weighted by Crippen LogP contribution is 2.25. The van der Waals surface area contributed by atoms with Crippen LogP contribution in [-0.4, -0.2) is 65.7 Å². The number of cyclic esters (lactones) is 1. The number of aliphatic hydroxyl groups is 1. The van der Waals surface area contributed by atoms with Gasteiger partial charge >= 0.3 is 12.1 Å². The molecule has 0 spiro atoms. The van der Waals surface area contributed by atoms with Gasteiger partial charge in [0, 0.05) is 13.0 Å². The fourth-order valence-corrected chi connectivity index (χ4v) is 4.84. The van der Waals surface area contributed by atoms with Crippen molar-refractivity contribution in [2.24, 2.45) is 5.92 Å². The summed E-state index contributed by atoms with van der Waals surface area (Å²) in [7, 11) is 0. The van der Waals surface area contributed by atoms with Crippen molar-refractivity contribution in [1.29, 1.82) is 0 Å². The molecule has 0 saturated carbocycles. The van der Waals surface area contributed by atoms with Crippen molar-refractivity contribution in [2.75, 3.05) is 19.8 Å². The lowest BCUT2D eigenvalue weighted by molar-refractivity contribution is -0.146. The average molecular weight is 550 g/mol. The number of hydrogen-bond acceptors (Lipinski definition) is 7. The Labute approximate surface area is 233 Å². The van der Waals surface area contributed by atoms with Crippen LogP contribution in [0.2, 0.25) is 0 Å². The molecule has 0 aliphatic carbocycles. The number of nitrogens with zero attached hydrogens (tertiary/aromatic N) is 1. The van der Waals surface area contributed by atoms with E-state index in [2.05, 4.69) is 10.6 Å². The Balaban J connectivity index is 1.36. The highest BCUT2D eigenvalue weighted by atomic mass is 16.6. The summed E-state index contributed by atoms with van der Waals surface area (Å²) in [6.07, 6.45) is 3.60. The molecule has 4 rings (SSSR count). The molecule has 3 N–H and O–H groups in total. The summed E-state index contributed by atoms with van der Waals surface area (Å²) in [6, 6.07) is 15.7. The van der Waals surface area contributed by atoms with E-state index in [9.17, 15) is 24.3 Å². The summed E-state index contributed by atoms with van der Waals surface area (Å²) in [6.45, 7) is 0.270. The van der Waals surface area contributed by atoms with E-state index < -0.39 is 24.0 Å². The molecule has 2 aromatic carbocycles. The largest absolute Gasteiger partial charge is 0.462 e. The SMILES string of the molecule is O=C(N[C@@H]1CC=CC[C@H](CC(=O)N2Cc3ccccc3C[C@H]2CO)C(=O)NCCOC1=O)OCc1ccccc1. The Morgan fingerprint density at radius 3 is 2.52 bits per heavy atom. The third-order valence-electron chi connectivity index (χ3n) is 7.07. The number of carbonyl (C=O) groups excluding carboxylic acids is 4. The number of amides is 3. The zero-order valence-electron chi connectivity index (χ0n) is 22.3. The van der Waals surface area contributed by atoms with Crippen molar-refractivity contribution in [3.63, 3.8) is 0 Å². The number of rotatable bonds is 6. The van der Waals surface area contributed by atoms with Crippen molar-refractivity contribution >= 4 is 23.9 Å². The van der Waals surface area contributed by atoms with Crippen LogP contribution in [0.3, 0.4) is 0 Å². The van der Waals surface area contributed by atoms with Crippen LogP contribution in [0.4, 0.5) is 4.79 Å². The van der Waals surface area contributed by atoms with Gasteiger partial charge in [-0.25, -0.2) is 9.59 Å². The van der Waals surface area contributed by atoms with Crippen molar-refractivity contribution in [3.05, 3.63) is 83.4 Å². The predicted octanol–water partition coefficient (Wildman–Crippen LogP) is 2.24. The molecule has 10 heteroatoms. The molecular weight excluding hydrogens is 514 g/mol. The molecule has 0 fully saturated rings. The Morgan fingerprint density at radius 1 is 1.02 bits per heavy atom. The predicted molar refractivity (Wildman–Crippen MR) is 146 cm³/mol. The lowest BCUT2D eigenvalue weighted by atomic mass is 9.92. The minimum Gasteiger partial charge on any atom is -0.462 e. The van der Waals surface area contributed by atoms with Gasteiger partial charge in [-0.3, -0.25) is 9.59 Å². The molecule has 2 heterocycles. The number of carbonyl (C=O) groups is 4. The summed E-state index contributed by atoms with van der Waals surface area (Å²) in [5, 5.41) is 15.2. The molecule has 0 saturated heterocycles. The lowest BCUT2D eigenvalue weighted by Gasteiger charge is -2.36. The quantitative estimate of drug-likeness (QED) is 0.372. The van der Waals surface area contributed by atoms with Crippen molar-refractivity contribution in [3.8, 4) is 0 Å². The summed E-state index contributed by atoms with van der Waals surface area (Å²) in [5.41, 5.74) is 2.96. The lowest BCUT2D eigenvalue weighted by Crippen LogP contribution is -2.47. The number of esters is 1. The van der Waals surface area contributed by atoms with Crippen molar-refractivity contribution < 1.29 is 33.8 Å². The van der Waals surface area contributed by atoms with Gasteiger partial charge in [-0.05, 0) is 36.0 Å². The topological polar surface area (TPSA) is 134 Å². The van der Waals surface area contributed by atoms with Gasteiger partial charge in [0.2, 0.25) is 11.8 Å². The molecule has 0 bridgehead atoms. The third kappa shape index (κ3) is 7.92. The second-order valence-corrected chi connectivity index (χ2v) is 9.89. The first-order chi connectivity index (χ1) is 19.4. The fraction of sp³-hybridized carbons (Fsp3) is 0.400. The molecule has 0 radical (unpaired) electrons. The zero-order chi connectivity index (χ0) is 28.3. The van der Waals surface area contributed by atoms with Crippen LogP contribution in [0.25, 0.3) is 0 Å². The second kappa shape index (κ2) is 14.3. The van der Waals surface area contributed by atoms with E-state index in [1.165, 1.54) is 0 Å².